The van der Waals surface area contributed by atoms with Crippen molar-refractivity contribution >= 4 is 38.9 Å². The second kappa shape index (κ2) is 10.0. The monoisotopic (exact) mass is 463 g/mol. The number of phenolic OH excluding ortho intramolecular Hbond substituents is 1. The summed E-state index contributed by atoms with van der Waals surface area (Å²) in [7, 11) is -1.98. The predicted octanol–water partition coefficient (Wildman–Crippen LogP) is 0.933. The Morgan fingerprint density at radius 3 is 2.43 bits per heavy atom. The number of halogens is 1. The molecule has 1 fully saturated rings. The normalized spacial score (nSPS) is 20.3. The van der Waals surface area contributed by atoms with Crippen LogP contribution in [-0.2, 0) is 29.2 Å². The van der Waals surface area contributed by atoms with Crippen molar-refractivity contribution in [1.29, 1.82) is 0 Å². The lowest BCUT2D eigenvalue weighted by Gasteiger charge is -2.37. The largest absolute Gasteiger partial charge is 0.504 e. The van der Waals surface area contributed by atoms with E-state index >= 15 is 0 Å². The van der Waals surface area contributed by atoms with E-state index in [4.69, 9.17) is 21.2 Å². The first-order valence-electron chi connectivity index (χ1n) is 9.32. The summed E-state index contributed by atoms with van der Waals surface area (Å²) in [6.45, 7) is 4.66. The number of hydroxylamine groups is 1. The van der Waals surface area contributed by atoms with Gasteiger partial charge in [0.1, 0.15) is 17.0 Å². The van der Waals surface area contributed by atoms with Crippen molar-refractivity contribution in [2.45, 2.75) is 43.3 Å². The third kappa shape index (κ3) is 4.76. The molecule has 1 aliphatic rings. The zero-order valence-corrected chi connectivity index (χ0v) is 18.7. The van der Waals surface area contributed by atoms with Crippen molar-refractivity contribution in [3.63, 3.8) is 0 Å². The summed E-state index contributed by atoms with van der Waals surface area (Å²) in [4.78, 5) is 28.3. The lowest BCUT2D eigenvalue weighted by molar-refractivity contribution is -0.146. The lowest BCUT2D eigenvalue weighted by atomic mass is 9.82. The fourth-order valence-corrected chi connectivity index (χ4v) is 4.50. The van der Waals surface area contributed by atoms with Gasteiger partial charge in [-0.15, -0.1) is 0 Å². The van der Waals surface area contributed by atoms with E-state index in [-0.39, 0.29) is 16.8 Å². The Morgan fingerprint density at radius 2 is 1.87 bits per heavy atom. The first-order chi connectivity index (χ1) is 14.1. The fraction of sp³-hybridized carbons (Fsp3) is 0.556. The summed E-state index contributed by atoms with van der Waals surface area (Å²) < 4.78 is 31.1. The summed E-state index contributed by atoms with van der Waals surface area (Å²) in [5.74, 6) is -1.95. The summed E-state index contributed by atoms with van der Waals surface area (Å²) in [5.41, 5.74) is -0.0574. The van der Waals surface area contributed by atoms with E-state index in [1.54, 1.807) is 0 Å². The fourth-order valence-electron chi connectivity index (χ4n) is 2.93. The van der Waals surface area contributed by atoms with Crippen LogP contribution in [0, 0.1) is 0 Å². The van der Waals surface area contributed by atoms with Crippen LogP contribution in [-0.4, -0.2) is 75.1 Å². The van der Waals surface area contributed by atoms with Gasteiger partial charge in [0.25, 0.3) is 10.0 Å². The van der Waals surface area contributed by atoms with Gasteiger partial charge in [0.15, 0.2) is 5.75 Å². The van der Waals surface area contributed by atoms with Gasteiger partial charge in [-0.25, -0.2) is 8.42 Å². The zero-order valence-electron chi connectivity index (χ0n) is 17.1. The molecule has 0 saturated heterocycles. The van der Waals surface area contributed by atoms with Crippen molar-refractivity contribution in [3.8, 4) is 5.75 Å². The maximum absolute atomic E-state index is 12.6. The molecule has 1 saturated carbocycles. The number of ketones is 2. The molecule has 0 amide bonds. The van der Waals surface area contributed by atoms with Gasteiger partial charge in [0.2, 0.25) is 11.6 Å². The van der Waals surface area contributed by atoms with Crippen molar-refractivity contribution in [3.05, 3.63) is 17.2 Å². The molecule has 12 heteroatoms. The van der Waals surface area contributed by atoms with Crippen molar-refractivity contribution in [2.24, 2.45) is 0 Å². The molecule has 3 unspecified atom stereocenters. The minimum atomic E-state index is -4.26. The first kappa shape index (κ1) is 24.5. The number of ether oxygens (including phenoxy) is 1. The maximum atomic E-state index is 12.6. The number of hydrogen-bond donors (Lipinski definition) is 3. The topological polar surface area (TPSA) is 134 Å². The molecule has 1 aliphatic carbocycles. The molecule has 0 heterocycles. The number of aromatic hydroxyl groups is 1. The average molecular weight is 464 g/mol. The highest BCUT2D eigenvalue weighted by Gasteiger charge is 2.50. The standard InChI is InChI=1S/C18H26ClN3O7S/c1-5-10(9-29-6-2)20-13-14(17(25)16(13)24)21-12-8-7-11(19)18(15(12)23)30(26,27)22(3)28-4/h7-8,10,13-14,20-21,23H,5-6,9H2,1-4H3. The maximum Gasteiger partial charge on any atom is 0.269 e. The van der Waals surface area contributed by atoms with Crippen LogP contribution in [0.1, 0.15) is 20.3 Å². The molecule has 0 bridgehead atoms. The number of anilines is 1. The van der Waals surface area contributed by atoms with Crippen LogP contribution in [0.3, 0.4) is 0 Å². The average Bonchev–Trinajstić information content (AvgIpc) is 2.72. The minimum Gasteiger partial charge on any atom is -0.504 e. The second-order valence-corrected chi connectivity index (χ2v) is 8.91. The van der Waals surface area contributed by atoms with Crippen LogP contribution in [0.2, 0.25) is 5.02 Å². The first-order valence-corrected chi connectivity index (χ1v) is 11.1. The van der Waals surface area contributed by atoms with Crippen LogP contribution in [0.25, 0.3) is 0 Å². The van der Waals surface area contributed by atoms with Crippen molar-refractivity contribution in [2.75, 3.05) is 32.7 Å². The molecule has 1 aromatic rings. The Kier molecular flexibility index (Phi) is 8.20. The molecule has 0 spiro atoms. The molecule has 168 valence electrons. The summed E-state index contributed by atoms with van der Waals surface area (Å²) in [6.07, 6.45) is 0.669. The van der Waals surface area contributed by atoms with E-state index < -0.39 is 44.3 Å². The van der Waals surface area contributed by atoms with Crippen LogP contribution < -0.4 is 10.6 Å². The Morgan fingerprint density at radius 1 is 1.23 bits per heavy atom. The molecule has 3 atom stereocenters. The third-order valence-electron chi connectivity index (χ3n) is 4.82. The molecular weight excluding hydrogens is 438 g/mol. The molecule has 1 aromatic carbocycles. The number of benzene rings is 1. The Hall–Kier alpha value is -1.76. The molecule has 0 aliphatic heterocycles. The van der Waals surface area contributed by atoms with Crippen LogP contribution in [0.4, 0.5) is 5.69 Å². The number of carbonyl (C=O) groups is 2. The van der Waals surface area contributed by atoms with Gasteiger partial charge in [-0.3, -0.25) is 19.7 Å². The van der Waals surface area contributed by atoms with Gasteiger partial charge in [-0.05, 0) is 25.5 Å². The summed E-state index contributed by atoms with van der Waals surface area (Å²) >= 11 is 5.99. The number of hydrogen-bond acceptors (Lipinski definition) is 9. The van der Waals surface area contributed by atoms with E-state index in [0.717, 1.165) is 14.2 Å². The van der Waals surface area contributed by atoms with Crippen LogP contribution >= 0.6 is 11.6 Å². The van der Waals surface area contributed by atoms with E-state index in [9.17, 15) is 23.1 Å². The number of nitrogens with one attached hydrogen (secondary N) is 2. The highest BCUT2D eigenvalue weighted by atomic mass is 35.5. The van der Waals surface area contributed by atoms with E-state index in [0.29, 0.717) is 24.1 Å². The molecule has 0 aromatic heterocycles. The number of nitrogens with zero attached hydrogens (tertiary/aromatic N) is 1. The quantitative estimate of drug-likeness (QED) is 0.249. The third-order valence-corrected chi connectivity index (χ3v) is 7.00. The molecule has 30 heavy (non-hydrogen) atoms. The van der Waals surface area contributed by atoms with Crippen LogP contribution in [0.15, 0.2) is 17.0 Å². The van der Waals surface area contributed by atoms with E-state index in [1.807, 2.05) is 13.8 Å². The van der Waals surface area contributed by atoms with Crippen LogP contribution in [0.5, 0.6) is 5.75 Å². The second-order valence-electron chi connectivity index (χ2n) is 6.63. The molecular formula is C18H26ClN3O7S. The SMILES string of the molecule is CCOCC(CC)NC1C(=O)C(=O)C1Nc1ccc(Cl)c(S(=O)(=O)N(C)OC)c1O. The zero-order chi connectivity index (χ0) is 22.6. The highest BCUT2D eigenvalue weighted by Crippen LogP contribution is 2.39. The van der Waals surface area contributed by atoms with Gasteiger partial charge >= 0.3 is 0 Å². The van der Waals surface area contributed by atoms with E-state index in [2.05, 4.69) is 10.6 Å². The number of Topliss-reactive ketones (excluding diaryl/α,β-unsaturated/α-hetero) is 2. The van der Waals surface area contributed by atoms with Crippen molar-refractivity contribution in [1.82, 2.24) is 9.79 Å². The number of rotatable bonds is 11. The predicted molar refractivity (Wildman–Crippen MR) is 110 cm³/mol. The Balaban J connectivity index is 2.29. The molecule has 10 nitrogen and oxygen atoms in total. The Labute approximate surface area is 180 Å². The number of phenols is 1. The smallest absolute Gasteiger partial charge is 0.269 e. The van der Waals surface area contributed by atoms with Gasteiger partial charge in [0.05, 0.1) is 24.4 Å². The Bertz CT molecular complexity index is 909. The van der Waals surface area contributed by atoms with Gasteiger partial charge in [-0.1, -0.05) is 23.0 Å². The molecule has 2 rings (SSSR count). The summed E-state index contributed by atoms with van der Waals surface area (Å²) in [6, 6.07) is 0.628. The van der Waals surface area contributed by atoms with Gasteiger partial charge in [0, 0.05) is 19.7 Å². The van der Waals surface area contributed by atoms with Crippen molar-refractivity contribution < 1.29 is 32.7 Å². The highest BCUT2D eigenvalue weighted by molar-refractivity contribution is 7.89. The van der Waals surface area contributed by atoms with Gasteiger partial charge in [-0.2, -0.15) is 0 Å². The molecule has 3 N–H and O–H groups in total. The summed E-state index contributed by atoms with van der Waals surface area (Å²) in [5, 5.41) is 16.2. The van der Waals surface area contributed by atoms with E-state index in [1.165, 1.54) is 12.1 Å². The number of carbonyl (C=O) groups excluding carboxylic acids is 2. The number of sulfonamides is 1. The minimum absolute atomic E-state index is 0.0574. The lowest BCUT2D eigenvalue weighted by Crippen LogP contribution is -2.68. The van der Waals surface area contributed by atoms with Gasteiger partial charge < -0.3 is 15.2 Å². The molecule has 0 radical (unpaired) electrons.